The van der Waals surface area contributed by atoms with Gasteiger partial charge in [0, 0.05) is 23.7 Å². The summed E-state index contributed by atoms with van der Waals surface area (Å²) in [4.78, 5) is 2.46. The fourth-order valence-electron chi connectivity index (χ4n) is 4.46. The third-order valence-corrected chi connectivity index (χ3v) is 8.32. The molecule has 0 saturated carbocycles. The van der Waals surface area contributed by atoms with Crippen molar-refractivity contribution in [2.75, 3.05) is 24.3 Å². The second-order valence-electron chi connectivity index (χ2n) is 8.34. The fraction of sp³-hybridized carbons (Fsp3) is 0.500. The van der Waals surface area contributed by atoms with Gasteiger partial charge in [-0.25, -0.2) is 8.42 Å². The zero-order chi connectivity index (χ0) is 21.8. The quantitative estimate of drug-likeness (QED) is 0.453. The Bertz CT molecular complexity index is 952. The summed E-state index contributed by atoms with van der Waals surface area (Å²) in [6.45, 7) is 4.98. The van der Waals surface area contributed by atoms with Crippen molar-refractivity contribution in [2.45, 2.75) is 57.3 Å². The van der Waals surface area contributed by atoms with Crippen molar-refractivity contribution in [3.63, 3.8) is 0 Å². The van der Waals surface area contributed by atoms with Crippen molar-refractivity contribution in [3.05, 3.63) is 47.5 Å². The normalized spacial score (nSPS) is 17.3. The summed E-state index contributed by atoms with van der Waals surface area (Å²) < 4.78 is 32.7. The number of nitrogens with zero attached hydrogens (tertiary/aromatic N) is 1. The number of benzene rings is 2. The molecule has 0 saturated heterocycles. The Kier molecular flexibility index (Phi) is 7.35. The van der Waals surface area contributed by atoms with Gasteiger partial charge in [0.05, 0.1) is 28.5 Å². The first kappa shape index (κ1) is 23.0. The summed E-state index contributed by atoms with van der Waals surface area (Å²) in [5, 5.41) is 0.419. The molecule has 1 aliphatic rings. The molecule has 164 valence electrons. The maximum absolute atomic E-state index is 13.7. The Labute approximate surface area is 186 Å². The number of hydrogen-bond acceptors (Lipinski definition) is 4. The molecule has 0 aliphatic carbocycles. The van der Waals surface area contributed by atoms with E-state index < -0.39 is 9.84 Å². The molecule has 0 amide bonds. The van der Waals surface area contributed by atoms with E-state index in [1.54, 1.807) is 12.1 Å². The molecule has 3 rings (SSSR count). The summed E-state index contributed by atoms with van der Waals surface area (Å²) >= 11 is 6.45. The van der Waals surface area contributed by atoms with E-state index in [9.17, 15) is 8.42 Å². The lowest BCUT2D eigenvalue weighted by Crippen LogP contribution is -2.38. The van der Waals surface area contributed by atoms with Gasteiger partial charge in [0.15, 0.2) is 9.84 Å². The van der Waals surface area contributed by atoms with Crippen molar-refractivity contribution in [3.8, 4) is 5.75 Å². The van der Waals surface area contributed by atoms with E-state index in [0.29, 0.717) is 27.9 Å². The van der Waals surface area contributed by atoms with Crippen LogP contribution in [0.3, 0.4) is 0 Å². The molecule has 4 nitrogen and oxygen atoms in total. The second kappa shape index (κ2) is 9.61. The van der Waals surface area contributed by atoms with Gasteiger partial charge in [-0.2, -0.15) is 0 Å². The number of halogens is 1. The molecule has 0 bridgehead atoms. The van der Waals surface area contributed by atoms with Gasteiger partial charge >= 0.3 is 0 Å². The van der Waals surface area contributed by atoms with Crippen LogP contribution in [-0.2, 0) is 9.84 Å². The largest absolute Gasteiger partial charge is 0.495 e. The topological polar surface area (TPSA) is 46.6 Å². The predicted octanol–water partition coefficient (Wildman–Crippen LogP) is 6.64. The summed E-state index contributed by atoms with van der Waals surface area (Å²) in [6, 6.07) is 13.4. The Balaban J connectivity index is 2.23. The van der Waals surface area contributed by atoms with Crippen LogP contribution >= 0.6 is 11.6 Å². The molecule has 1 aliphatic heterocycles. The highest BCUT2D eigenvalue weighted by Gasteiger charge is 2.42. The molecule has 0 radical (unpaired) electrons. The lowest BCUT2D eigenvalue weighted by Gasteiger charge is -2.37. The molecule has 0 N–H and O–H groups in total. The molecule has 6 heteroatoms. The monoisotopic (exact) mass is 449 g/mol. The van der Waals surface area contributed by atoms with E-state index in [0.717, 1.165) is 44.2 Å². The number of hydrogen-bond donors (Lipinski definition) is 0. The smallest absolute Gasteiger partial charge is 0.181 e. The van der Waals surface area contributed by atoms with Crippen LogP contribution in [0.25, 0.3) is 0 Å². The number of unbranched alkanes of at least 4 members (excludes halogenated alkanes) is 2. The first-order valence-corrected chi connectivity index (χ1v) is 12.8. The molecule has 0 unspecified atom stereocenters. The summed E-state index contributed by atoms with van der Waals surface area (Å²) in [5.41, 5.74) is 1.32. The lowest BCUT2D eigenvalue weighted by molar-refractivity contribution is 0.270. The fourth-order valence-corrected chi connectivity index (χ4v) is 6.81. The standard InChI is InChI=1S/C24H32ClNO3S/c1-4-6-13-24(14-7-5-2)17-26(19-11-9-8-10-12-19)21-15-20(25)22(29-3)16-23(21)30(27,28)18-24/h8-12,15-16H,4-7,13-14,17-18H2,1-3H3. The number of sulfone groups is 1. The summed E-state index contributed by atoms with van der Waals surface area (Å²) in [6.07, 6.45) is 5.91. The Hall–Kier alpha value is -1.72. The second-order valence-corrected chi connectivity index (χ2v) is 10.7. The highest BCUT2D eigenvalue weighted by molar-refractivity contribution is 7.91. The van der Waals surface area contributed by atoms with Gasteiger partial charge in [0.25, 0.3) is 0 Å². The molecule has 2 aromatic carbocycles. The number of ether oxygens (including phenoxy) is 1. The van der Waals surface area contributed by atoms with E-state index in [-0.39, 0.29) is 11.2 Å². The zero-order valence-electron chi connectivity index (χ0n) is 18.2. The Morgan fingerprint density at radius 2 is 1.70 bits per heavy atom. The lowest BCUT2D eigenvalue weighted by atomic mass is 9.79. The zero-order valence-corrected chi connectivity index (χ0v) is 19.7. The number of rotatable bonds is 8. The van der Waals surface area contributed by atoms with Crippen molar-refractivity contribution >= 4 is 32.8 Å². The van der Waals surface area contributed by atoms with Crippen LogP contribution in [0.4, 0.5) is 11.4 Å². The maximum atomic E-state index is 13.7. The molecule has 0 fully saturated rings. The maximum Gasteiger partial charge on any atom is 0.181 e. The van der Waals surface area contributed by atoms with E-state index in [4.69, 9.17) is 16.3 Å². The minimum absolute atomic E-state index is 0.154. The van der Waals surface area contributed by atoms with Gasteiger partial charge in [-0.05, 0) is 31.0 Å². The molecule has 0 atom stereocenters. The molecule has 0 spiro atoms. The van der Waals surface area contributed by atoms with Crippen molar-refractivity contribution in [1.29, 1.82) is 0 Å². The highest BCUT2D eigenvalue weighted by atomic mass is 35.5. The van der Waals surface area contributed by atoms with Crippen molar-refractivity contribution in [2.24, 2.45) is 5.41 Å². The van der Waals surface area contributed by atoms with Crippen LogP contribution in [-0.4, -0.2) is 27.8 Å². The number of anilines is 2. The van der Waals surface area contributed by atoms with Gasteiger partial charge in [0.2, 0.25) is 0 Å². The van der Waals surface area contributed by atoms with E-state index >= 15 is 0 Å². The number of para-hydroxylation sites is 1. The van der Waals surface area contributed by atoms with Crippen molar-refractivity contribution < 1.29 is 13.2 Å². The first-order valence-electron chi connectivity index (χ1n) is 10.8. The average molecular weight is 450 g/mol. The van der Waals surface area contributed by atoms with Crippen LogP contribution in [0.2, 0.25) is 5.02 Å². The first-order chi connectivity index (χ1) is 14.4. The molecular formula is C24H32ClNO3S. The SMILES string of the molecule is CCCCC1(CCCC)CN(c2ccccc2)c2cc(Cl)c(OC)cc2S(=O)(=O)C1. The van der Waals surface area contributed by atoms with E-state index in [1.807, 2.05) is 30.3 Å². The van der Waals surface area contributed by atoms with Gasteiger partial charge < -0.3 is 9.64 Å². The molecule has 0 aromatic heterocycles. The minimum Gasteiger partial charge on any atom is -0.495 e. The summed E-state index contributed by atoms with van der Waals surface area (Å²) in [7, 11) is -2.00. The molecule has 1 heterocycles. The third kappa shape index (κ3) is 4.78. The Morgan fingerprint density at radius 3 is 2.27 bits per heavy atom. The van der Waals surface area contributed by atoms with Crippen LogP contribution in [0.15, 0.2) is 47.4 Å². The Morgan fingerprint density at radius 1 is 1.07 bits per heavy atom. The van der Waals surface area contributed by atoms with E-state index in [2.05, 4.69) is 18.7 Å². The average Bonchev–Trinajstić information content (AvgIpc) is 2.83. The van der Waals surface area contributed by atoms with Gasteiger partial charge in [-0.15, -0.1) is 0 Å². The van der Waals surface area contributed by atoms with Crippen LogP contribution < -0.4 is 9.64 Å². The predicted molar refractivity (Wildman–Crippen MR) is 125 cm³/mol. The van der Waals surface area contributed by atoms with Gasteiger partial charge in [-0.3, -0.25) is 0 Å². The molecule has 30 heavy (non-hydrogen) atoms. The van der Waals surface area contributed by atoms with Crippen LogP contribution in [0, 0.1) is 5.41 Å². The van der Waals surface area contributed by atoms with Crippen molar-refractivity contribution in [1.82, 2.24) is 0 Å². The van der Waals surface area contributed by atoms with Gasteiger partial charge in [0.1, 0.15) is 5.75 Å². The highest BCUT2D eigenvalue weighted by Crippen LogP contribution is 2.47. The molecular weight excluding hydrogens is 418 g/mol. The minimum atomic E-state index is -3.52. The summed E-state index contributed by atoms with van der Waals surface area (Å²) in [5.74, 6) is 0.544. The third-order valence-electron chi connectivity index (χ3n) is 6.04. The van der Waals surface area contributed by atoms with Crippen LogP contribution in [0.1, 0.15) is 52.4 Å². The molecule has 2 aromatic rings. The van der Waals surface area contributed by atoms with E-state index in [1.165, 1.54) is 7.11 Å². The number of methoxy groups -OCH3 is 1. The number of fused-ring (bicyclic) bond motifs is 1. The van der Waals surface area contributed by atoms with Gasteiger partial charge in [-0.1, -0.05) is 69.3 Å². The van der Waals surface area contributed by atoms with Crippen LogP contribution in [0.5, 0.6) is 5.75 Å².